The van der Waals surface area contributed by atoms with Crippen LogP contribution in [0.3, 0.4) is 0 Å². The highest BCUT2D eigenvalue weighted by Crippen LogP contribution is 1.78. The average Bonchev–Trinajstić information content (AvgIpc) is 2.72. The third-order valence-electron chi connectivity index (χ3n) is 2.14. The smallest absolute Gasteiger partial charge is 0.327 e. The second-order valence-electron chi connectivity index (χ2n) is 4.55. The molecular weight excluding hydrogens is 388 g/mol. The highest BCUT2D eigenvalue weighted by molar-refractivity contribution is 5.79. The number of aliphatic carboxylic acids is 2. The van der Waals surface area contributed by atoms with Gasteiger partial charge in [0.05, 0.1) is 45.7 Å². The molecule has 8 N–H and O–H groups in total. The molecule has 0 aliphatic rings. The van der Waals surface area contributed by atoms with Gasteiger partial charge in [-0.05, 0) is 0 Å². The third kappa shape index (κ3) is 58.5. The number of rotatable bonds is 14. The standard InChI is InChI=1S/C6H14N2O.C6H14O4.2C3H4O2/c1-2-6(9)5-8-4-3-7;7-1-3-9-5-6-10-4-2-8;2*1-2-3(4)5/h2,6,8-9H,1,3-5,7H2;7-8H,1-6H2;2*2H,1H2,(H,4,5). The van der Waals surface area contributed by atoms with Crippen molar-refractivity contribution in [3.63, 3.8) is 0 Å². The second-order valence-corrected chi connectivity index (χ2v) is 4.55. The van der Waals surface area contributed by atoms with Crippen molar-refractivity contribution < 1.29 is 44.6 Å². The van der Waals surface area contributed by atoms with Crippen molar-refractivity contribution in [2.24, 2.45) is 5.73 Å². The molecule has 11 heteroatoms. The maximum atomic E-state index is 9.25. The molecule has 0 aliphatic heterocycles. The number of aliphatic hydroxyl groups is 3. The monoisotopic (exact) mass is 424 g/mol. The lowest BCUT2D eigenvalue weighted by Gasteiger charge is -2.04. The van der Waals surface area contributed by atoms with Crippen LogP contribution in [-0.4, -0.2) is 103 Å². The first kappa shape index (κ1) is 34.4. The maximum absolute atomic E-state index is 9.25. The molecule has 0 aromatic carbocycles. The van der Waals surface area contributed by atoms with Gasteiger partial charge in [0.1, 0.15) is 0 Å². The molecule has 0 aromatic heterocycles. The lowest BCUT2D eigenvalue weighted by molar-refractivity contribution is -0.132. The van der Waals surface area contributed by atoms with Crippen LogP contribution in [0.25, 0.3) is 0 Å². The highest BCUT2D eigenvalue weighted by atomic mass is 16.5. The van der Waals surface area contributed by atoms with Crippen molar-refractivity contribution in [2.45, 2.75) is 6.10 Å². The van der Waals surface area contributed by atoms with E-state index in [9.17, 15) is 9.59 Å². The first-order valence-electron chi connectivity index (χ1n) is 8.56. The third-order valence-corrected chi connectivity index (χ3v) is 2.14. The van der Waals surface area contributed by atoms with Crippen LogP contribution in [0.2, 0.25) is 0 Å². The molecule has 0 saturated carbocycles. The van der Waals surface area contributed by atoms with E-state index in [4.69, 9.17) is 40.7 Å². The van der Waals surface area contributed by atoms with E-state index in [1.165, 1.54) is 6.08 Å². The van der Waals surface area contributed by atoms with Crippen LogP contribution >= 0.6 is 0 Å². The molecule has 0 radical (unpaired) electrons. The van der Waals surface area contributed by atoms with E-state index in [2.05, 4.69) is 25.1 Å². The van der Waals surface area contributed by atoms with Crippen molar-refractivity contribution >= 4 is 11.9 Å². The van der Waals surface area contributed by atoms with Crippen LogP contribution in [-0.2, 0) is 19.1 Å². The Hall–Kier alpha value is -2.12. The van der Waals surface area contributed by atoms with Gasteiger partial charge in [-0.25, -0.2) is 9.59 Å². The molecule has 0 aromatic rings. The summed E-state index contributed by atoms with van der Waals surface area (Å²) >= 11 is 0. The van der Waals surface area contributed by atoms with Crippen molar-refractivity contribution in [2.75, 3.05) is 59.3 Å². The van der Waals surface area contributed by atoms with Gasteiger partial charge in [-0.1, -0.05) is 19.2 Å². The summed E-state index contributed by atoms with van der Waals surface area (Å²) in [5, 5.41) is 43.5. The summed E-state index contributed by atoms with van der Waals surface area (Å²) < 4.78 is 9.75. The summed E-state index contributed by atoms with van der Waals surface area (Å²) in [6.07, 6.45) is 2.71. The Morgan fingerprint density at radius 3 is 1.55 bits per heavy atom. The predicted octanol–water partition coefficient (Wildman–Crippen LogP) is -1.40. The molecule has 11 nitrogen and oxygen atoms in total. The van der Waals surface area contributed by atoms with Crippen LogP contribution in [0.1, 0.15) is 0 Å². The Labute approximate surface area is 171 Å². The Morgan fingerprint density at radius 1 is 0.931 bits per heavy atom. The van der Waals surface area contributed by atoms with Gasteiger partial charge < -0.3 is 46.1 Å². The van der Waals surface area contributed by atoms with E-state index in [1.807, 2.05) is 0 Å². The van der Waals surface area contributed by atoms with E-state index in [1.54, 1.807) is 0 Å². The fourth-order valence-corrected chi connectivity index (χ4v) is 0.886. The van der Waals surface area contributed by atoms with E-state index in [0.717, 1.165) is 18.7 Å². The topological polar surface area (TPSA) is 192 Å². The van der Waals surface area contributed by atoms with Gasteiger partial charge in [0, 0.05) is 31.8 Å². The Kier molecular flexibility index (Phi) is 39.7. The molecule has 172 valence electrons. The molecular formula is C18H36N2O9. The molecule has 0 rings (SSSR count). The number of ether oxygens (including phenoxy) is 2. The van der Waals surface area contributed by atoms with E-state index in [0.29, 0.717) is 39.5 Å². The van der Waals surface area contributed by atoms with Crippen molar-refractivity contribution in [3.8, 4) is 0 Å². The number of aliphatic hydroxyl groups excluding tert-OH is 3. The zero-order chi connectivity index (χ0) is 23.3. The molecule has 29 heavy (non-hydrogen) atoms. The first-order valence-corrected chi connectivity index (χ1v) is 8.56. The Balaban J connectivity index is -0.000000151. The van der Waals surface area contributed by atoms with Crippen molar-refractivity contribution in [1.29, 1.82) is 0 Å². The fraction of sp³-hybridized carbons (Fsp3) is 0.556. The molecule has 0 aliphatic carbocycles. The molecule has 0 saturated heterocycles. The highest BCUT2D eigenvalue weighted by Gasteiger charge is 1.93. The van der Waals surface area contributed by atoms with Gasteiger partial charge in [-0.2, -0.15) is 0 Å². The van der Waals surface area contributed by atoms with Crippen LogP contribution < -0.4 is 11.1 Å². The number of hydrogen-bond donors (Lipinski definition) is 7. The fourth-order valence-electron chi connectivity index (χ4n) is 0.886. The summed E-state index contributed by atoms with van der Waals surface area (Å²) in [6.45, 7) is 13.0. The molecule has 0 fully saturated rings. The quantitative estimate of drug-likeness (QED) is 0.0985. The number of carbonyl (C=O) groups is 2. The Bertz CT molecular complexity index is 368. The Morgan fingerprint density at radius 2 is 1.31 bits per heavy atom. The molecule has 0 bridgehead atoms. The molecule has 0 heterocycles. The van der Waals surface area contributed by atoms with Crippen LogP contribution in [0.4, 0.5) is 0 Å². The van der Waals surface area contributed by atoms with E-state index >= 15 is 0 Å². The summed E-state index contributed by atoms with van der Waals surface area (Å²) in [7, 11) is 0. The SMILES string of the molecule is C=CC(=O)O.C=CC(=O)O.C=CC(O)CNCCN.OCCOCCOCCO. The van der Waals surface area contributed by atoms with Gasteiger partial charge in [-0.15, -0.1) is 6.58 Å². The van der Waals surface area contributed by atoms with Crippen molar-refractivity contribution in [3.05, 3.63) is 38.0 Å². The van der Waals surface area contributed by atoms with E-state index in [-0.39, 0.29) is 13.2 Å². The minimum absolute atomic E-state index is 0.0417. The average molecular weight is 424 g/mol. The summed E-state index contributed by atoms with van der Waals surface area (Å²) in [4.78, 5) is 18.5. The lowest BCUT2D eigenvalue weighted by Crippen LogP contribution is -2.29. The molecule has 1 unspecified atom stereocenters. The number of carboxylic acids is 2. The lowest BCUT2D eigenvalue weighted by atomic mass is 10.3. The minimum Gasteiger partial charge on any atom is -0.478 e. The van der Waals surface area contributed by atoms with E-state index < -0.39 is 18.0 Å². The first-order chi connectivity index (χ1) is 13.8. The summed E-state index contributed by atoms with van der Waals surface area (Å²) in [6, 6.07) is 0. The number of nitrogens with two attached hydrogens (primary N) is 1. The van der Waals surface area contributed by atoms with Crippen molar-refractivity contribution in [1.82, 2.24) is 5.32 Å². The number of nitrogens with one attached hydrogen (secondary N) is 1. The van der Waals surface area contributed by atoms with Gasteiger partial charge in [0.25, 0.3) is 0 Å². The predicted molar refractivity (Wildman–Crippen MR) is 110 cm³/mol. The number of carboxylic acid groups (broad SMARTS) is 2. The zero-order valence-electron chi connectivity index (χ0n) is 16.7. The van der Waals surface area contributed by atoms with Gasteiger partial charge in [-0.3, -0.25) is 0 Å². The van der Waals surface area contributed by atoms with Crippen LogP contribution in [0.5, 0.6) is 0 Å². The van der Waals surface area contributed by atoms with Crippen LogP contribution in [0.15, 0.2) is 38.0 Å². The molecule has 1 atom stereocenters. The van der Waals surface area contributed by atoms with Gasteiger partial charge in [0.15, 0.2) is 0 Å². The van der Waals surface area contributed by atoms with Gasteiger partial charge >= 0.3 is 11.9 Å². The number of hydrogen-bond acceptors (Lipinski definition) is 9. The summed E-state index contributed by atoms with van der Waals surface area (Å²) in [5.74, 6) is -1.96. The second kappa shape index (κ2) is 33.5. The maximum Gasteiger partial charge on any atom is 0.327 e. The summed E-state index contributed by atoms with van der Waals surface area (Å²) in [5.41, 5.74) is 5.19. The minimum atomic E-state index is -0.981. The van der Waals surface area contributed by atoms with Crippen LogP contribution in [0, 0.1) is 0 Å². The largest absolute Gasteiger partial charge is 0.478 e. The zero-order valence-corrected chi connectivity index (χ0v) is 16.7. The normalized spacial score (nSPS) is 9.79. The van der Waals surface area contributed by atoms with Gasteiger partial charge in [0.2, 0.25) is 0 Å². The molecule has 0 spiro atoms. The molecule has 0 amide bonds.